The molecule has 0 aromatic carbocycles. The Morgan fingerprint density at radius 3 is 2.10 bits per heavy atom. The molecule has 1 aliphatic rings. The zero-order chi connectivity index (χ0) is 36.7. The van der Waals surface area contributed by atoms with Crippen molar-refractivity contribution in [2.75, 3.05) is 13.2 Å². The van der Waals surface area contributed by atoms with Crippen molar-refractivity contribution in [3.05, 3.63) is 12.2 Å². The van der Waals surface area contributed by atoms with Crippen LogP contribution in [-0.4, -0.2) is 80.5 Å². The molecular formula is C36H65O12P. The van der Waals surface area contributed by atoms with Gasteiger partial charge in [0.2, 0.25) is 0 Å². The van der Waals surface area contributed by atoms with Crippen LogP contribution in [0, 0.1) is 17.8 Å². The van der Waals surface area contributed by atoms with Gasteiger partial charge >= 0.3 is 19.8 Å². The van der Waals surface area contributed by atoms with Crippen LogP contribution in [0.5, 0.6) is 0 Å². The second kappa shape index (κ2) is 26.2. The van der Waals surface area contributed by atoms with Crippen LogP contribution in [0.4, 0.5) is 0 Å². The third kappa shape index (κ3) is 22.7. The summed E-state index contributed by atoms with van der Waals surface area (Å²) in [5.41, 5.74) is 0. The summed E-state index contributed by atoms with van der Waals surface area (Å²) in [6, 6.07) is 0. The highest BCUT2D eigenvalue weighted by Gasteiger charge is 2.41. The smallest absolute Gasteiger partial charge is 0.462 e. The lowest BCUT2D eigenvalue weighted by Gasteiger charge is -2.20. The van der Waals surface area contributed by atoms with Crippen molar-refractivity contribution in [1.82, 2.24) is 0 Å². The van der Waals surface area contributed by atoms with Crippen molar-refractivity contribution in [2.24, 2.45) is 17.8 Å². The van der Waals surface area contributed by atoms with E-state index in [1.807, 2.05) is 0 Å². The van der Waals surface area contributed by atoms with Crippen molar-refractivity contribution in [1.29, 1.82) is 0 Å². The minimum absolute atomic E-state index is 0.0172. The molecule has 0 aromatic heterocycles. The van der Waals surface area contributed by atoms with Crippen LogP contribution in [0.15, 0.2) is 12.2 Å². The van der Waals surface area contributed by atoms with E-state index < -0.39 is 69.2 Å². The number of phosphoric ester groups is 1. The number of rotatable bonds is 29. The molecule has 5 N–H and O–H groups in total. The van der Waals surface area contributed by atoms with Gasteiger partial charge in [0, 0.05) is 43.9 Å². The van der Waals surface area contributed by atoms with E-state index in [9.17, 15) is 34.3 Å². The van der Waals surface area contributed by atoms with E-state index in [0.29, 0.717) is 25.7 Å². The molecule has 0 aromatic rings. The van der Waals surface area contributed by atoms with Crippen LogP contribution in [0.3, 0.4) is 0 Å². The average Bonchev–Trinajstić information content (AvgIpc) is 3.30. The number of phosphoric acid groups is 1. The van der Waals surface area contributed by atoms with Gasteiger partial charge in [0.25, 0.3) is 0 Å². The lowest BCUT2D eigenvalue weighted by atomic mass is 9.87. The van der Waals surface area contributed by atoms with E-state index in [4.69, 9.17) is 19.3 Å². The summed E-state index contributed by atoms with van der Waals surface area (Å²) in [5, 5.41) is 31.1. The first-order valence-electron chi connectivity index (χ1n) is 18.5. The monoisotopic (exact) mass is 720 g/mol. The molecule has 1 aliphatic carbocycles. The Kier molecular flexibility index (Phi) is 24.2. The number of carbonyl (C=O) groups excluding carboxylic acids is 3. The molecule has 1 saturated carbocycles. The highest BCUT2D eigenvalue weighted by Crippen LogP contribution is 2.37. The highest BCUT2D eigenvalue weighted by atomic mass is 31.2. The molecule has 0 heterocycles. The van der Waals surface area contributed by atoms with Gasteiger partial charge in [-0.15, -0.1) is 0 Å². The van der Waals surface area contributed by atoms with Crippen LogP contribution < -0.4 is 0 Å². The van der Waals surface area contributed by atoms with E-state index in [2.05, 4.69) is 25.3 Å². The van der Waals surface area contributed by atoms with Gasteiger partial charge in [-0.05, 0) is 31.6 Å². The lowest BCUT2D eigenvalue weighted by molar-refractivity contribution is -0.161. The first kappa shape index (κ1) is 45.4. The van der Waals surface area contributed by atoms with Crippen LogP contribution in [0.2, 0.25) is 0 Å². The summed E-state index contributed by atoms with van der Waals surface area (Å²) in [6.45, 7) is 5.47. The van der Waals surface area contributed by atoms with Gasteiger partial charge in [0.05, 0.1) is 24.9 Å². The van der Waals surface area contributed by atoms with Crippen molar-refractivity contribution >= 4 is 25.5 Å². The first-order valence-corrected chi connectivity index (χ1v) is 20.1. The van der Waals surface area contributed by atoms with Crippen LogP contribution in [0.25, 0.3) is 0 Å². The SMILES string of the molecule is CCCCC[C@H](O)/C=C/[C@@H]1[C@@H](CC(=O)CCCCC(=O)OC[C@H](COP(=O)(O)O)OC(=O)CCCCCCCCC(C)CC)[C@@H](O)C[C@H]1O. The van der Waals surface area contributed by atoms with Gasteiger partial charge in [-0.3, -0.25) is 18.9 Å². The number of hydrogen-bond acceptors (Lipinski definition) is 10. The van der Waals surface area contributed by atoms with E-state index in [0.717, 1.165) is 50.9 Å². The molecule has 49 heavy (non-hydrogen) atoms. The molecule has 0 aliphatic heterocycles. The lowest BCUT2D eigenvalue weighted by Crippen LogP contribution is -2.29. The molecule has 0 radical (unpaired) electrons. The van der Waals surface area contributed by atoms with Crippen LogP contribution in [0.1, 0.15) is 143 Å². The van der Waals surface area contributed by atoms with E-state index in [1.165, 1.54) is 19.3 Å². The number of esters is 2. The Balaban J connectivity index is 2.40. The Bertz CT molecular complexity index is 999. The molecule has 0 saturated heterocycles. The molecule has 1 fully saturated rings. The summed E-state index contributed by atoms with van der Waals surface area (Å²) < 4.78 is 26.1. The molecule has 7 atom stereocenters. The molecule has 0 amide bonds. The Labute approximate surface area is 293 Å². The maximum Gasteiger partial charge on any atom is 0.469 e. The third-order valence-electron chi connectivity index (χ3n) is 9.31. The second-order valence-electron chi connectivity index (χ2n) is 13.8. The number of carbonyl (C=O) groups is 3. The van der Waals surface area contributed by atoms with Gasteiger partial charge in [-0.25, -0.2) is 4.57 Å². The van der Waals surface area contributed by atoms with Gasteiger partial charge in [0.15, 0.2) is 6.10 Å². The van der Waals surface area contributed by atoms with E-state index in [-0.39, 0.29) is 37.9 Å². The fourth-order valence-corrected chi connectivity index (χ4v) is 6.41. The maximum absolute atomic E-state index is 12.7. The molecular weight excluding hydrogens is 655 g/mol. The number of unbranched alkanes of at least 4 members (excludes halogenated alkanes) is 8. The standard InChI is InChI=1S/C36H65O12P/c1-4-6-11-17-28(37)21-22-31-32(34(40)24-33(31)39)23-29(38)18-14-15-19-35(41)46-25-30(26-47-49(43,44)45)48-36(42)20-13-10-8-7-9-12-16-27(3)5-2/h21-22,27-28,30-34,37,39-40H,4-20,23-26H2,1-3H3,(H2,43,44,45)/b22-21+/t27?,28-,30+,31+,32+,33+,34-/m0/s1. The molecule has 12 nitrogen and oxygen atoms in total. The van der Waals surface area contributed by atoms with Gasteiger partial charge in [-0.1, -0.05) is 97.1 Å². The molecule has 286 valence electrons. The Hall–Kier alpha value is -1.66. The fraction of sp³-hybridized carbons (Fsp3) is 0.861. The van der Waals surface area contributed by atoms with Crippen molar-refractivity contribution in [3.8, 4) is 0 Å². The Morgan fingerprint density at radius 1 is 0.816 bits per heavy atom. The number of aliphatic hydroxyl groups excluding tert-OH is 3. The summed E-state index contributed by atoms with van der Waals surface area (Å²) in [5.74, 6) is -1.42. The molecule has 1 unspecified atom stereocenters. The maximum atomic E-state index is 12.7. The second-order valence-corrected chi connectivity index (χ2v) is 15.0. The average molecular weight is 721 g/mol. The normalized spacial score (nSPS) is 21.5. The largest absolute Gasteiger partial charge is 0.469 e. The minimum atomic E-state index is -4.83. The van der Waals surface area contributed by atoms with Crippen molar-refractivity contribution < 1.29 is 58.1 Å². The van der Waals surface area contributed by atoms with Gasteiger partial charge in [-0.2, -0.15) is 0 Å². The first-order chi connectivity index (χ1) is 23.2. The molecule has 0 bridgehead atoms. The number of ether oxygens (including phenoxy) is 2. The predicted octanol–water partition coefficient (Wildman–Crippen LogP) is 6.09. The highest BCUT2D eigenvalue weighted by molar-refractivity contribution is 7.46. The molecule has 0 spiro atoms. The Morgan fingerprint density at radius 2 is 1.43 bits per heavy atom. The quantitative estimate of drug-likeness (QED) is 0.0258. The molecule has 13 heteroatoms. The number of hydrogen-bond donors (Lipinski definition) is 5. The van der Waals surface area contributed by atoms with Crippen molar-refractivity contribution in [3.63, 3.8) is 0 Å². The number of ketones is 1. The predicted molar refractivity (Wildman–Crippen MR) is 186 cm³/mol. The summed E-state index contributed by atoms with van der Waals surface area (Å²) >= 11 is 0. The van der Waals surface area contributed by atoms with Gasteiger partial charge < -0.3 is 34.6 Å². The minimum Gasteiger partial charge on any atom is -0.462 e. The zero-order valence-electron chi connectivity index (χ0n) is 30.1. The van der Waals surface area contributed by atoms with Gasteiger partial charge in [0.1, 0.15) is 12.4 Å². The van der Waals surface area contributed by atoms with Crippen LogP contribution >= 0.6 is 7.82 Å². The van der Waals surface area contributed by atoms with Crippen molar-refractivity contribution in [2.45, 2.75) is 167 Å². The fourth-order valence-electron chi connectivity index (χ4n) is 6.05. The third-order valence-corrected chi connectivity index (χ3v) is 9.79. The van der Waals surface area contributed by atoms with Crippen LogP contribution in [-0.2, 0) is 32.9 Å². The topological polar surface area (TPSA) is 197 Å². The van der Waals surface area contributed by atoms with E-state index >= 15 is 0 Å². The molecule has 1 rings (SSSR count). The summed E-state index contributed by atoms with van der Waals surface area (Å²) in [6.07, 6.45) is 13.2. The zero-order valence-corrected chi connectivity index (χ0v) is 31.0. The number of Topliss-reactive ketones (excluding diaryl/α,β-unsaturated/α-hetero) is 1. The number of aliphatic hydroxyl groups is 3. The van der Waals surface area contributed by atoms with E-state index in [1.54, 1.807) is 12.2 Å². The summed E-state index contributed by atoms with van der Waals surface area (Å²) in [7, 11) is -4.83. The summed E-state index contributed by atoms with van der Waals surface area (Å²) in [4.78, 5) is 55.5.